The molecule has 1 unspecified atom stereocenters. The normalized spacial score (nSPS) is 14.0. The van der Waals surface area contributed by atoms with Crippen molar-refractivity contribution in [3.05, 3.63) is 54.6 Å². The van der Waals surface area contributed by atoms with Crippen molar-refractivity contribution in [2.24, 2.45) is 0 Å². The highest BCUT2D eigenvalue weighted by molar-refractivity contribution is 7.48. The molecule has 0 amide bonds. The lowest BCUT2D eigenvalue weighted by atomic mass is 10.3. The number of alkyl halides is 3. The van der Waals surface area contributed by atoms with Crippen LogP contribution in [0.15, 0.2) is 54.6 Å². The molecule has 0 saturated heterocycles. The minimum atomic E-state index is -4.81. The number of phosphoric acid groups is 1. The molecule has 118 valence electrons. The van der Waals surface area contributed by atoms with Crippen LogP contribution in [0.3, 0.4) is 0 Å². The molecule has 0 radical (unpaired) electrons. The van der Waals surface area contributed by atoms with Crippen molar-refractivity contribution in [2.45, 2.75) is 6.36 Å². The first-order chi connectivity index (χ1) is 10.2. The van der Waals surface area contributed by atoms with Gasteiger partial charge in [0.15, 0.2) is 0 Å². The second-order valence-corrected chi connectivity index (χ2v) is 5.29. The third kappa shape index (κ3) is 5.31. The molecule has 1 atom stereocenters. The van der Waals surface area contributed by atoms with E-state index in [1.807, 2.05) is 0 Å². The highest BCUT2D eigenvalue weighted by Crippen LogP contribution is 2.44. The summed E-state index contributed by atoms with van der Waals surface area (Å²) in [6.07, 6.45) is -4.81. The Morgan fingerprint density at radius 1 is 0.818 bits per heavy atom. The van der Waals surface area contributed by atoms with Gasteiger partial charge in [-0.2, -0.15) is 0 Å². The maximum absolute atomic E-state index is 12.0. The van der Waals surface area contributed by atoms with Crippen LogP contribution in [0.5, 0.6) is 17.2 Å². The number of hydrogen-bond donors (Lipinski definition) is 1. The van der Waals surface area contributed by atoms with Crippen LogP contribution < -0.4 is 13.8 Å². The molecule has 0 bridgehead atoms. The SMILES string of the molecule is O=P(O)(Oc1ccccc1)Oc1ccc(OC(F)(F)F)cc1. The quantitative estimate of drug-likeness (QED) is 0.833. The molecule has 0 fully saturated rings. The summed E-state index contributed by atoms with van der Waals surface area (Å²) in [6.45, 7) is 0. The summed E-state index contributed by atoms with van der Waals surface area (Å²) >= 11 is 0. The van der Waals surface area contributed by atoms with Gasteiger partial charge >= 0.3 is 14.2 Å². The van der Waals surface area contributed by atoms with Crippen molar-refractivity contribution in [2.75, 3.05) is 0 Å². The van der Waals surface area contributed by atoms with Crippen LogP contribution in [-0.4, -0.2) is 11.3 Å². The Morgan fingerprint density at radius 2 is 1.27 bits per heavy atom. The fourth-order valence-electron chi connectivity index (χ4n) is 1.47. The molecule has 0 aliphatic heterocycles. The molecule has 0 aliphatic carbocycles. The standard InChI is InChI=1S/C13H10F3O5P/c14-13(15,16)19-10-6-8-12(9-7-10)21-22(17,18)20-11-4-2-1-3-5-11/h1-9H,(H,17,18). The number of hydrogen-bond acceptors (Lipinski definition) is 4. The van der Waals surface area contributed by atoms with Crippen LogP contribution in [0.2, 0.25) is 0 Å². The predicted octanol–water partition coefficient (Wildman–Crippen LogP) is 4.14. The number of halogens is 3. The molecule has 0 spiro atoms. The van der Waals surface area contributed by atoms with Gasteiger partial charge in [-0.25, -0.2) is 4.57 Å². The molecule has 22 heavy (non-hydrogen) atoms. The largest absolute Gasteiger partial charge is 0.584 e. The predicted molar refractivity (Wildman–Crippen MR) is 70.6 cm³/mol. The zero-order valence-corrected chi connectivity index (χ0v) is 11.8. The Kier molecular flexibility index (Phi) is 4.63. The lowest BCUT2D eigenvalue weighted by Crippen LogP contribution is -2.16. The van der Waals surface area contributed by atoms with E-state index >= 15 is 0 Å². The van der Waals surface area contributed by atoms with Crippen LogP contribution in [-0.2, 0) is 4.57 Å². The fourth-order valence-corrected chi connectivity index (χ4v) is 2.28. The summed E-state index contributed by atoms with van der Waals surface area (Å²) in [4.78, 5) is 9.58. The summed E-state index contributed by atoms with van der Waals surface area (Å²) in [5.41, 5.74) is 0. The number of ether oxygens (including phenoxy) is 1. The molecule has 1 N–H and O–H groups in total. The minimum Gasteiger partial charge on any atom is -0.406 e. The third-order valence-electron chi connectivity index (χ3n) is 2.24. The molecule has 0 saturated carbocycles. The minimum absolute atomic E-state index is 0.116. The molecule has 5 nitrogen and oxygen atoms in total. The Balaban J connectivity index is 2.02. The summed E-state index contributed by atoms with van der Waals surface area (Å²) in [5.74, 6) is -0.502. The van der Waals surface area contributed by atoms with Gasteiger partial charge in [0.1, 0.15) is 17.2 Å². The van der Waals surface area contributed by atoms with Crippen LogP contribution in [0.1, 0.15) is 0 Å². The van der Waals surface area contributed by atoms with Crippen molar-refractivity contribution >= 4 is 7.82 Å². The van der Waals surface area contributed by atoms with E-state index < -0.39 is 19.9 Å². The van der Waals surface area contributed by atoms with Gasteiger partial charge in [0.25, 0.3) is 0 Å². The average molecular weight is 334 g/mol. The van der Waals surface area contributed by atoms with E-state index in [0.717, 1.165) is 24.3 Å². The highest BCUT2D eigenvalue weighted by Gasteiger charge is 2.31. The Morgan fingerprint density at radius 3 is 1.77 bits per heavy atom. The van der Waals surface area contributed by atoms with Crippen molar-refractivity contribution in [3.63, 3.8) is 0 Å². The van der Waals surface area contributed by atoms with E-state index in [1.54, 1.807) is 18.2 Å². The molecule has 2 aromatic carbocycles. The maximum Gasteiger partial charge on any atom is 0.584 e. The number of phosphoric ester groups is 1. The van der Waals surface area contributed by atoms with Crippen LogP contribution in [0.4, 0.5) is 13.2 Å². The van der Waals surface area contributed by atoms with E-state index in [2.05, 4.69) is 4.74 Å². The van der Waals surface area contributed by atoms with Gasteiger partial charge in [0.05, 0.1) is 0 Å². The smallest absolute Gasteiger partial charge is 0.406 e. The Labute approximate surface area is 123 Å². The Hall–Kier alpha value is -2.18. The Bertz CT molecular complexity index is 658. The molecule has 0 aromatic heterocycles. The summed E-state index contributed by atoms with van der Waals surface area (Å²) in [6, 6.07) is 11.8. The van der Waals surface area contributed by atoms with Crippen LogP contribution in [0.25, 0.3) is 0 Å². The zero-order valence-electron chi connectivity index (χ0n) is 10.9. The van der Waals surface area contributed by atoms with Gasteiger partial charge < -0.3 is 13.8 Å². The van der Waals surface area contributed by atoms with Gasteiger partial charge in [0.2, 0.25) is 0 Å². The maximum atomic E-state index is 12.0. The first kappa shape index (κ1) is 16.2. The number of rotatable bonds is 5. The molecule has 9 heteroatoms. The second kappa shape index (κ2) is 6.29. The molecule has 0 aliphatic rings. The van der Waals surface area contributed by atoms with Crippen LogP contribution >= 0.6 is 7.82 Å². The van der Waals surface area contributed by atoms with Crippen molar-refractivity contribution in [3.8, 4) is 17.2 Å². The fraction of sp³-hybridized carbons (Fsp3) is 0.0769. The van der Waals surface area contributed by atoms with Crippen LogP contribution in [0, 0.1) is 0 Å². The lowest BCUT2D eigenvalue weighted by Gasteiger charge is -2.14. The zero-order chi connectivity index (χ0) is 16.2. The van der Waals surface area contributed by atoms with E-state index in [4.69, 9.17) is 9.05 Å². The van der Waals surface area contributed by atoms with E-state index in [1.165, 1.54) is 12.1 Å². The van der Waals surface area contributed by atoms with Gasteiger partial charge in [-0.15, -0.1) is 13.2 Å². The lowest BCUT2D eigenvalue weighted by molar-refractivity contribution is -0.274. The molecular weight excluding hydrogens is 324 g/mol. The van der Waals surface area contributed by atoms with Crippen molar-refractivity contribution in [1.82, 2.24) is 0 Å². The molecule has 0 heterocycles. The van der Waals surface area contributed by atoms with Crippen molar-refractivity contribution < 1.29 is 36.4 Å². The second-order valence-electron chi connectivity index (χ2n) is 3.98. The average Bonchev–Trinajstić information content (AvgIpc) is 2.39. The monoisotopic (exact) mass is 334 g/mol. The molecular formula is C13H10F3O5P. The highest BCUT2D eigenvalue weighted by atomic mass is 31.2. The summed E-state index contributed by atoms with van der Waals surface area (Å²) < 4.78 is 61.0. The first-order valence-corrected chi connectivity index (χ1v) is 7.36. The molecule has 2 aromatic rings. The third-order valence-corrected chi connectivity index (χ3v) is 3.13. The van der Waals surface area contributed by atoms with Gasteiger partial charge in [-0.1, -0.05) is 18.2 Å². The summed E-state index contributed by atoms with van der Waals surface area (Å²) in [7, 11) is -4.46. The topological polar surface area (TPSA) is 65.0 Å². The number of benzene rings is 2. The first-order valence-electron chi connectivity index (χ1n) is 5.86. The van der Waals surface area contributed by atoms with Crippen molar-refractivity contribution in [1.29, 1.82) is 0 Å². The van der Waals surface area contributed by atoms with E-state index in [-0.39, 0.29) is 11.5 Å². The molecule has 2 rings (SSSR count). The van der Waals surface area contributed by atoms with E-state index in [0.29, 0.717) is 0 Å². The van der Waals surface area contributed by atoms with E-state index in [9.17, 15) is 22.6 Å². The van der Waals surface area contributed by atoms with Gasteiger partial charge in [0, 0.05) is 0 Å². The summed E-state index contributed by atoms with van der Waals surface area (Å²) in [5, 5.41) is 0. The number of para-hydroxylation sites is 1. The van der Waals surface area contributed by atoms with Gasteiger partial charge in [-0.05, 0) is 36.4 Å². The van der Waals surface area contributed by atoms with Gasteiger partial charge in [-0.3, -0.25) is 4.89 Å².